The first kappa shape index (κ1) is 16.1. The molecule has 3 aromatic rings. The third-order valence-electron chi connectivity index (χ3n) is 4.38. The fourth-order valence-electron chi connectivity index (χ4n) is 2.96. The molecule has 2 heterocycles. The fourth-order valence-corrected chi connectivity index (χ4v) is 2.96. The van der Waals surface area contributed by atoms with E-state index in [1.807, 2.05) is 37.3 Å². The van der Waals surface area contributed by atoms with Crippen molar-refractivity contribution in [1.82, 2.24) is 15.1 Å². The van der Waals surface area contributed by atoms with Crippen LogP contribution >= 0.6 is 0 Å². The zero-order valence-electron chi connectivity index (χ0n) is 14.4. The molecule has 0 N–H and O–H groups in total. The van der Waals surface area contributed by atoms with Gasteiger partial charge in [-0.05, 0) is 36.9 Å². The molecule has 2 atom stereocenters. The summed E-state index contributed by atoms with van der Waals surface area (Å²) in [7, 11) is 2.05. The van der Waals surface area contributed by atoms with Crippen LogP contribution < -0.4 is 4.74 Å². The first-order valence-corrected chi connectivity index (χ1v) is 8.48. The summed E-state index contributed by atoms with van der Waals surface area (Å²) < 4.78 is 17.5. The van der Waals surface area contributed by atoms with Crippen molar-refractivity contribution in [1.29, 1.82) is 0 Å². The Kier molecular flexibility index (Phi) is 4.38. The van der Waals surface area contributed by atoms with Crippen molar-refractivity contribution in [2.24, 2.45) is 0 Å². The molecule has 4 rings (SSSR count). The van der Waals surface area contributed by atoms with Gasteiger partial charge in [-0.25, -0.2) is 0 Å². The van der Waals surface area contributed by atoms with Crippen LogP contribution in [0.15, 0.2) is 46.9 Å². The summed E-state index contributed by atoms with van der Waals surface area (Å²) in [6.07, 6.45) is -0.503. The number of hydrogen-bond acceptors (Lipinski definition) is 6. The molecule has 0 spiro atoms. The van der Waals surface area contributed by atoms with Crippen molar-refractivity contribution in [2.45, 2.75) is 19.1 Å². The Hall–Kier alpha value is -2.44. The Balaban J connectivity index is 1.48. The van der Waals surface area contributed by atoms with Crippen molar-refractivity contribution < 1.29 is 13.9 Å². The lowest BCUT2D eigenvalue weighted by Crippen LogP contribution is -2.35. The van der Waals surface area contributed by atoms with Gasteiger partial charge >= 0.3 is 0 Å². The molecule has 25 heavy (non-hydrogen) atoms. The zero-order chi connectivity index (χ0) is 17.2. The quantitative estimate of drug-likeness (QED) is 0.726. The van der Waals surface area contributed by atoms with Crippen LogP contribution in [0.1, 0.15) is 30.9 Å². The van der Waals surface area contributed by atoms with E-state index in [1.54, 1.807) is 0 Å². The second kappa shape index (κ2) is 6.82. The Morgan fingerprint density at radius 1 is 1.16 bits per heavy atom. The molecule has 1 fully saturated rings. The van der Waals surface area contributed by atoms with Gasteiger partial charge in [-0.3, -0.25) is 0 Å². The second-order valence-electron chi connectivity index (χ2n) is 6.37. The van der Waals surface area contributed by atoms with Crippen LogP contribution in [0.2, 0.25) is 0 Å². The van der Waals surface area contributed by atoms with Gasteiger partial charge in [0.15, 0.2) is 6.10 Å². The Morgan fingerprint density at radius 3 is 2.84 bits per heavy atom. The molecule has 1 aromatic heterocycles. The van der Waals surface area contributed by atoms with Crippen molar-refractivity contribution in [2.75, 3.05) is 26.7 Å². The molecule has 1 aliphatic rings. The van der Waals surface area contributed by atoms with Gasteiger partial charge in [0.25, 0.3) is 5.89 Å². The number of likely N-dealkylation sites (N-methyl/N-ethyl adjacent to an activating group) is 1. The summed E-state index contributed by atoms with van der Waals surface area (Å²) in [4.78, 5) is 2.19. The molecule has 130 valence electrons. The molecule has 6 heteroatoms. The van der Waals surface area contributed by atoms with Gasteiger partial charge in [-0.2, -0.15) is 0 Å². The molecule has 0 amide bonds. The average Bonchev–Trinajstić information content (AvgIpc) is 3.12. The van der Waals surface area contributed by atoms with E-state index in [-0.39, 0.29) is 12.2 Å². The maximum atomic E-state index is 5.98. The van der Waals surface area contributed by atoms with E-state index in [0.29, 0.717) is 18.4 Å². The van der Waals surface area contributed by atoms with E-state index in [2.05, 4.69) is 34.3 Å². The van der Waals surface area contributed by atoms with E-state index >= 15 is 0 Å². The molecule has 1 saturated heterocycles. The highest BCUT2D eigenvalue weighted by molar-refractivity contribution is 5.83. The van der Waals surface area contributed by atoms with Crippen molar-refractivity contribution in [3.63, 3.8) is 0 Å². The lowest BCUT2D eigenvalue weighted by atomic mass is 10.1. The van der Waals surface area contributed by atoms with Crippen LogP contribution in [-0.4, -0.2) is 41.8 Å². The molecule has 0 radical (unpaired) electrons. The predicted molar refractivity (Wildman–Crippen MR) is 93.5 cm³/mol. The highest BCUT2D eigenvalue weighted by atomic mass is 16.5. The Labute approximate surface area is 146 Å². The van der Waals surface area contributed by atoms with Gasteiger partial charge in [0.1, 0.15) is 11.9 Å². The topological polar surface area (TPSA) is 60.6 Å². The van der Waals surface area contributed by atoms with E-state index < -0.39 is 0 Å². The molecule has 0 aliphatic carbocycles. The summed E-state index contributed by atoms with van der Waals surface area (Å²) in [6, 6.07) is 14.2. The number of aromatic nitrogens is 2. The highest BCUT2D eigenvalue weighted by Crippen LogP contribution is 2.27. The smallest absolute Gasteiger partial charge is 0.256 e. The van der Waals surface area contributed by atoms with Gasteiger partial charge in [0.2, 0.25) is 5.89 Å². The number of rotatable bonds is 4. The minimum atomic E-state index is -0.330. The third-order valence-corrected chi connectivity index (χ3v) is 4.38. The third kappa shape index (κ3) is 3.50. The lowest BCUT2D eigenvalue weighted by molar-refractivity contribution is -0.0354. The van der Waals surface area contributed by atoms with Crippen LogP contribution in [0.25, 0.3) is 10.8 Å². The van der Waals surface area contributed by atoms with E-state index in [9.17, 15) is 0 Å². The minimum absolute atomic E-state index is 0.173. The number of hydrogen-bond donors (Lipinski definition) is 0. The van der Waals surface area contributed by atoms with Crippen LogP contribution in [0, 0.1) is 0 Å². The first-order valence-electron chi connectivity index (χ1n) is 8.48. The van der Waals surface area contributed by atoms with Crippen LogP contribution in [0.3, 0.4) is 0 Å². The normalized spacial score (nSPS) is 19.8. The summed E-state index contributed by atoms with van der Waals surface area (Å²) in [6.45, 7) is 4.24. The summed E-state index contributed by atoms with van der Waals surface area (Å²) in [5.41, 5.74) is 0. The fraction of sp³-hybridized carbons (Fsp3) is 0.368. The van der Waals surface area contributed by atoms with Crippen molar-refractivity contribution in [3.8, 4) is 5.75 Å². The van der Waals surface area contributed by atoms with Crippen molar-refractivity contribution >= 4 is 10.8 Å². The van der Waals surface area contributed by atoms with Gasteiger partial charge in [-0.15, -0.1) is 10.2 Å². The molecule has 6 nitrogen and oxygen atoms in total. The molecule has 0 unspecified atom stereocenters. The van der Waals surface area contributed by atoms with Gasteiger partial charge < -0.3 is 18.8 Å². The van der Waals surface area contributed by atoms with Gasteiger partial charge in [-0.1, -0.05) is 30.3 Å². The molecular weight excluding hydrogens is 318 g/mol. The van der Waals surface area contributed by atoms with Crippen LogP contribution in [0.5, 0.6) is 5.75 Å². The monoisotopic (exact) mass is 339 g/mol. The molecule has 1 aliphatic heterocycles. The van der Waals surface area contributed by atoms with Crippen molar-refractivity contribution in [3.05, 3.63) is 54.2 Å². The molecule has 0 bridgehead atoms. The van der Waals surface area contributed by atoms with E-state index in [0.717, 1.165) is 24.2 Å². The second-order valence-corrected chi connectivity index (χ2v) is 6.37. The van der Waals surface area contributed by atoms with E-state index in [4.69, 9.17) is 13.9 Å². The van der Waals surface area contributed by atoms with Crippen LogP contribution in [-0.2, 0) is 4.74 Å². The Bertz CT molecular complexity index is 864. The zero-order valence-corrected chi connectivity index (χ0v) is 14.4. The van der Waals surface area contributed by atoms with Gasteiger partial charge in [0.05, 0.1) is 6.61 Å². The van der Waals surface area contributed by atoms with Crippen LogP contribution in [0.4, 0.5) is 0 Å². The maximum absolute atomic E-state index is 5.98. The SMILES string of the molecule is C[C@@H](Oc1ccc2ccccc2c1)c1nnc([C@H]2CN(C)CCO2)o1. The summed E-state index contributed by atoms with van der Waals surface area (Å²) in [5.74, 6) is 1.75. The lowest BCUT2D eigenvalue weighted by Gasteiger charge is -2.27. The average molecular weight is 339 g/mol. The van der Waals surface area contributed by atoms with Gasteiger partial charge in [0, 0.05) is 13.1 Å². The molecular formula is C19H21N3O3. The first-order chi connectivity index (χ1) is 12.2. The standard InChI is InChI=1S/C19H21N3O3/c1-13(24-16-8-7-14-5-3-4-6-15(14)11-16)18-20-21-19(25-18)17-12-22(2)9-10-23-17/h3-8,11,13,17H,9-10,12H2,1-2H3/t13-,17-/m1/s1. The van der Waals surface area contributed by atoms with E-state index in [1.165, 1.54) is 5.39 Å². The number of fused-ring (bicyclic) bond motifs is 1. The Morgan fingerprint density at radius 2 is 2.00 bits per heavy atom. The predicted octanol–water partition coefficient (Wildman–Crippen LogP) is 3.37. The number of benzene rings is 2. The number of ether oxygens (including phenoxy) is 2. The largest absolute Gasteiger partial charge is 0.481 e. The number of morpholine rings is 1. The molecule has 2 aromatic carbocycles. The maximum Gasteiger partial charge on any atom is 0.256 e. The highest BCUT2D eigenvalue weighted by Gasteiger charge is 2.26. The minimum Gasteiger partial charge on any atom is -0.481 e. The number of nitrogens with zero attached hydrogens (tertiary/aromatic N) is 3. The summed E-state index contributed by atoms with van der Waals surface area (Å²) >= 11 is 0. The molecule has 0 saturated carbocycles. The summed E-state index contributed by atoms with van der Waals surface area (Å²) in [5, 5.41) is 10.6.